The number of para-hydroxylation sites is 1. The van der Waals surface area contributed by atoms with Crippen LogP contribution in [0.25, 0.3) is 17.1 Å². The van der Waals surface area contributed by atoms with E-state index < -0.39 is 0 Å². The van der Waals surface area contributed by atoms with Crippen LogP contribution in [-0.4, -0.2) is 15.5 Å². The van der Waals surface area contributed by atoms with Crippen LogP contribution < -0.4 is 0 Å². The SMILES string of the molecule is CC(=O)OCc1oc(-c2ccn(-c3ccccc3)c2)nc1C. The summed E-state index contributed by atoms with van der Waals surface area (Å²) in [5.41, 5.74) is 2.67. The number of esters is 1. The lowest BCUT2D eigenvalue weighted by atomic mass is 10.3. The molecule has 0 saturated heterocycles. The zero-order chi connectivity index (χ0) is 15.5. The Labute approximate surface area is 128 Å². The topological polar surface area (TPSA) is 57.3 Å². The summed E-state index contributed by atoms with van der Waals surface area (Å²) in [6, 6.07) is 11.9. The maximum Gasteiger partial charge on any atom is 0.303 e. The number of oxazole rings is 1. The Morgan fingerprint density at radius 2 is 2.05 bits per heavy atom. The Balaban J connectivity index is 1.85. The van der Waals surface area contributed by atoms with Crippen molar-refractivity contribution < 1.29 is 13.9 Å². The number of hydrogen-bond donors (Lipinski definition) is 0. The van der Waals surface area contributed by atoms with Crippen LogP contribution in [0.4, 0.5) is 0 Å². The van der Waals surface area contributed by atoms with Crippen molar-refractivity contribution in [3.63, 3.8) is 0 Å². The fourth-order valence-electron chi connectivity index (χ4n) is 2.14. The molecule has 1 aromatic carbocycles. The van der Waals surface area contributed by atoms with Crippen LogP contribution in [0.5, 0.6) is 0 Å². The largest absolute Gasteiger partial charge is 0.458 e. The van der Waals surface area contributed by atoms with Gasteiger partial charge >= 0.3 is 5.97 Å². The van der Waals surface area contributed by atoms with Gasteiger partial charge in [-0.05, 0) is 25.1 Å². The van der Waals surface area contributed by atoms with E-state index in [4.69, 9.17) is 9.15 Å². The third kappa shape index (κ3) is 2.93. The highest BCUT2D eigenvalue weighted by Crippen LogP contribution is 2.24. The number of ether oxygens (including phenoxy) is 1. The van der Waals surface area contributed by atoms with Crippen molar-refractivity contribution in [3.05, 3.63) is 60.2 Å². The molecule has 0 aliphatic heterocycles. The minimum Gasteiger partial charge on any atom is -0.458 e. The van der Waals surface area contributed by atoms with E-state index in [1.807, 2.05) is 60.3 Å². The molecule has 0 spiro atoms. The van der Waals surface area contributed by atoms with Gasteiger partial charge in [0.05, 0.1) is 11.3 Å². The van der Waals surface area contributed by atoms with Gasteiger partial charge < -0.3 is 13.7 Å². The van der Waals surface area contributed by atoms with E-state index in [9.17, 15) is 4.79 Å². The summed E-state index contributed by atoms with van der Waals surface area (Å²) >= 11 is 0. The molecular formula is C17H16N2O3. The fraction of sp³-hybridized carbons (Fsp3) is 0.176. The summed E-state index contributed by atoms with van der Waals surface area (Å²) in [5.74, 6) is 0.750. The average Bonchev–Trinajstić information content (AvgIpc) is 3.13. The standard InChI is InChI=1S/C17H16N2O3/c1-12-16(11-21-13(2)20)22-17(18-12)14-8-9-19(10-14)15-6-4-3-5-7-15/h3-10H,11H2,1-2H3. The minimum absolute atomic E-state index is 0.105. The number of aromatic nitrogens is 2. The molecule has 22 heavy (non-hydrogen) atoms. The maximum atomic E-state index is 10.9. The zero-order valence-electron chi connectivity index (χ0n) is 12.4. The summed E-state index contributed by atoms with van der Waals surface area (Å²) in [4.78, 5) is 15.3. The van der Waals surface area contributed by atoms with Crippen molar-refractivity contribution in [2.45, 2.75) is 20.5 Å². The first kappa shape index (κ1) is 14.1. The van der Waals surface area contributed by atoms with Gasteiger partial charge in [0.25, 0.3) is 0 Å². The van der Waals surface area contributed by atoms with Gasteiger partial charge in [-0.1, -0.05) is 18.2 Å². The Morgan fingerprint density at radius 1 is 1.27 bits per heavy atom. The lowest BCUT2D eigenvalue weighted by molar-refractivity contribution is -0.142. The molecule has 5 nitrogen and oxygen atoms in total. The van der Waals surface area contributed by atoms with Crippen molar-refractivity contribution >= 4 is 5.97 Å². The molecule has 2 aromatic heterocycles. The predicted octanol–water partition coefficient (Wildman–Crippen LogP) is 3.50. The van der Waals surface area contributed by atoms with Crippen LogP contribution in [-0.2, 0) is 16.1 Å². The molecule has 0 radical (unpaired) electrons. The summed E-state index contributed by atoms with van der Waals surface area (Å²) < 4.78 is 12.7. The van der Waals surface area contributed by atoms with Crippen LogP contribution in [0.15, 0.2) is 53.2 Å². The Kier molecular flexibility index (Phi) is 3.78. The van der Waals surface area contributed by atoms with Gasteiger partial charge in [0, 0.05) is 25.0 Å². The van der Waals surface area contributed by atoms with E-state index in [0.717, 1.165) is 16.9 Å². The summed E-state index contributed by atoms with van der Waals surface area (Å²) in [5, 5.41) is 0. The lowest BCUT2D eigenvalue weighted by Gasteiger charge is -2.00. The highest BCUT2D eigenvalue weighted by Gasteiger charge is 2.13. The number of rotatable bonds is 4. The molecule has 0 amide bonds. The first-order chi connectivity index (χ1) is 10.6. The number of carbonyl (C=O) groups excluding carboxylic acids is 1. The van der Waals surface area contributed by atoms with E-state index in [0.29, 0.717) is 11.7 Å². The summed E-state index contributed by atoms with van der Waals surface area (Å²) in [6.07, 6.45) is 3.91. The van der Waals surface area contributed by atoms with Gasteiger partial charge in [-0.15, -0.1) is 0 Å². The molecule has 3 rings (SSSR count). The minimum atomic E-state index is -0.340. The highest BCUT2D eigenvalue weighted by molar-refractivity contribution is 5.65. The Hall–Kier alpha value is -2.82. The van der Waals surface area contributed by atoms with E-state index in [1.165, 1.54) is 6.92 Å². The number of aryl methyl sites for hydroxylation is 1. The molecule has 0 atom stereocenters. The van der Waals surface area contributed by atoms with Crippen LogP contribution in [0, 0.1) is 6.92 Å². The second-order valence-corrected chi connectivity index (χ2v) is 4.95. The van der Waals surface area contributed by atoms with E-state index in [-0.39, 0.29) is 12.6 Å². The molecule has 112 valence electrons. The molecule has 0 aliphatic rings. The average molecular weight is 296 g/mol. The maximum absolute atomic E-state index is 10.9. The third-order valence-corrected chi connectivity index (χ3v) is 3.29. The molecule has 3 aromatic rings. The van der Waals surface area contributed by atoms with Gasteiger partial charge in [0.15, 0.2) is 12.4 Å². The van der Waals surface area contributed by atoms with Crippen molar-refractivity contribution in [3.8, 4) is 17.1 Å². The molecule has 5 heteroatoms. The van der Waals surface area contributed by atoms with Crippen molar-refractivity contribution in [1.82, 2.24) is 9.55 Å². The zero-order valence-corrected chi connectivity index (χ0v) is 12.4. The van der Waals surface area contributed by atoms with Crippen LogP contribution in [0.2, 0.25) is 0 Å². The fourth-order valence-corrected chi connectivity index (χ4v) is 2.14. The van der Waals surface area contributed by atoms with E-state index in [2.05, 4.69) is 4.98 Å². The molecular weight excluding hydrogens is 280 g/mol. The van der Waals surface area contributed by atoms with Crippen LogP contribution >= 0.6 is 0 Å². The van der Waals surface area contributed by atoms with Crippen molar-refractivity contribution in [2.75, 3.05) is 0 Å². The van der Waals surface area contributed by atoms with Gasteiger partial charge in [-0.2, -0.15) is 0 Å². The predicted molar refractivity (Wildman–Crippen MR) is 81.5 cm³/mol. The van der Waals surface area contributed by atoms with Crippen molar-refractivity contribution in [2.24, 2.45) is 0 Å². The highest BCUT2D eigenvalue weighted by atomic mass is 16.5. The first-order valence-electron chi connectivity index (χ1n) is 6.97. The third-order valence-electron chi connectivity index (χ3n) is 3.29. The second-order valence-electron chi connectivity index (χ2n) is 4.95. The van der Waals surface area contributed by atoms with Crippen molar-refractivity contribution in [1.29, 1.82) is 0 Å². The molecule has 2 heterocycles. The number of nitrogens with zero attached hydrogens (tertiary/aromatic N) is 2. The van der Waals surface area contributed by atoms with Gasteiger partial charge in [0.2, 0.25) is 5.89 Å². The monoisotopic (exact) mass is 296 g/mol. The number of benzene rings is 1. The Bertz CT molecular complexity index is 787. The van der Waals surface area contributed by atoms with Crippen LogP contribution in [0.3, 0.4) is 0 Å². The van der Waals surface area contributed by atoms with Gasteiger partial charge in [-0.3, -0.25) is 4.79 Å². The molecule has 0 unspecified atom stereocenters. The normalized spacial score (nSPS) is 10.6. The molecule has 0 aliphatic carbocycles. The Morgan fingerprint density at radius 3 is 2.77 bits per heavy atom. The summed E-state index contributed by atoms with van der Waals surface area (Å²) in [7, 11) is 0. The van der Waals surface area contributed by atoms with E-state index >= 15 is 0 Å². The molecule has 0 fully saturated rings. The lowest BCUT2D eigenvalue weighted by Crippen LogP contribution is -1.98. The molecule has 0 N–H and O–H groups in total. The summed E-state index contributed by atoms with van der Waals surface area (Å²) in [6.45, 7) is 3.31. The number of carbonyl (C=O) groups is 1. The van der Waals surface area contributed by atoms with Crippen LogP contribution in [0.1, 0.15) is 18.4 Å². The molecule has 0 bridgehead atoms. The van der Waals surface area contributed by atoms with Gasteiger partial charge in [-0.25, -0.2) is 4.98 Å². The number of hydrogen-bond acceptors (Lipinski definition) is 4. The molecule has 0 saturated carbocycles. The quantitative estimate of drug-likeness (QED) is 0.691. The smallest absolute Gasteiger partial charge is 0.303 e. The second kappa shape index (κ2) is 5.89. The van der Waals surface area contributed by atoms with Gasteiger partial charge in [0.1, 0.15) is 0 Å². The first-order valence-corrected chi connectivity index (χ1v) is 6.97. The van der Waals surface area contributed by atoms with E-state index in [1.54, 1.807) is 0 Å².